The van der Waals surface area contributed by atoms with Crippen LogP contribution >= 0.6 is 0 Å². The Morgan fingerprint density at radius 1 is 1.03 bits per heavy atom. The molecule has 9 heteroatoms. The first kappa shape index (κ1) is 26.5. The van der Waals surface area contributed by atoms with Crippen LogP contribution in [0.4, 0.5) is 5.69 Å². The lowest BCUT2D eigenvalue weighted by Gasteiger charge is -2.33. The molecule has 0 radical (unpaired) electrons. The van der Waals surface area contributed by atoms with Gasteiger partial charge in [0.2, 0.25) is 21.8 Å². The third kappa shape index (κ3) is 7.45. The molecule has 0 aliphatic heterocycles. The molecule has 0 unspecified atom stereocenters. The number of carbonyl (C=O) groups excluding carboxylic acids is 2. The molecule has 1 aliphatic carbocycles. The maximum atomic E-state index is 13.6. The molecule has 2 amide bonds. The number of amides is 2. The van der Waals surface area contributed by atoms with Gasteiger partial charge in [0.25, 0.3) is 0 Å². The first-order valence-electron chi connectivity index (χ1n) is 11.9. The second kappa shape index (κ2) is 12.1. The summed E-state index contributed by atoms with van der Waals surface area (Å²) in [7, 11) is -2.24. The Kier molecular flexibility index (Phi) is 9.14. The lowest BCUT2D eigenvalue weighted by atomic mass is 9.95. The Morgan fingerprint density at radius 2 is 1.66 bits per heavy atom. The molecule has 1 saturated carbocycles. The van der Waals surface area contributed by atoms with E-state index >= 15 is 0 Å². The Hall–Kier alpha value is -3.07. The van der Waals surface area contributed by atoms with E-state index in [1.54, 1.807) is 31.2 Å². The fraction of sp³-hybridized carbons (Fsp3) is 0.462. The summed E-state index contributed by atoms with van der Waals surface area (Å²) < 4.78 is 31.4. The zero-order valence-electron chi connectivity index (χ0n) is 20.6. The Bertz CT molecular complexity index is 1080. The first-order chi connectivity index (χ1) is 16.7. The van der Waals surface area contributed by atoms with E-state index in [4.69, 9.17) is 4.74 Å². The standard InChI is InChI=1S/C26H35N3O5S/c1-20(26(31)27-22-12-8-5-9-13-22)28(18-21-10-6-4-7-11-21)25(30)19-29(35(3,32)33)23-14-16-24(34-2)17-15-23/h4,6-7,10-11,14-17,20,22H,5,8-9,12-13,18-19H2,1-3H3,(H,27,31)/t20-/m1/s1. The smallest absolute Gasteiger partial charge is 0.244 e. The summed E-state index contributed by atoms with van der Waals surface area (Å²) >= 11 is 0. The van der Waals surface area contributed by atoms with Crippen molar-refractivity contribution in [2.45, 2.75) is 57.7 Å². The molecule has 35 heavy (non-hydrogen) atoms. The van der Waals surface area contributed by atoms with Gasteiger partial charge in [0, 0.05) is 12.6 Å². The summed E-state index contributed by atoms with van der Waals surface area (Å²) in [5.41, 5.74) is 1.20. The molecule has 0 spiro atoms. The lowest BCUT2D eigenvalue weighted by molar-refractivity contribution is -0.139. The van der Waals surface area contributed by atoms with E-state index in [1.165, 1.54) is 18.4 Å². The van der Waals surface area contributed by atoms with E-state index in [9.17, 15) is 18.0 Å². The van der Waals surface area contributed by atoms with Gasteiger partial charge < -0.3 is 15.0 Å². The van der Waals surface area contributed by atoms with Gasteiger partial charge in [0.15, 0.2) is 0 Å². The number of sulfonamides is 1. The van der Waals surface area contributed by atoms with Gasteiger partial charge in [0.1, 0.15) is 18.3 Å². The summed E-state index contributed by atoms with van der Waals surface area (Å²) in [5, 5.41) is 3.09. The highest BCUT2D eigenvalue weighted by Crippen LogP contribution is 2.23. The van der Waals surface area contributed by atoms with Gasteiger partial charge in [-0.1, -0.05) is 49.6 Å². The van der Waals surface area contributed by atoms with Gasteiger partial charge in [-0.2, -0.15) is 0 Å². The van der Waals surface area contributed by atoms with Crippen LogP contribution in [0.15, 0.2) is 54.6 Å². The first-order valence-corrected chi connectivity index (χ1v) is 13.8. The number of nitrogens with zero attached hydrogens (tertiary/aromatic N) is 2. The molecule has 0 bridgehead atoms. The molecule has 0 aromatic heterocycles. The van der Waals surface area contributed by atoms with Crippen LogP contribution in [0, 0.1) is 0 Å². The molecule has 190 valence electrons. The normalized spacial score (nSPS) is 15.2. The molecule has 1 N–H and O–H groups in total. The molecule has 0 saturated heterocycles. The highest BCUT2D eigenvalue weighted by atomic mass is 32.2. The van der Waals surface area contributed by atoms with E-state index in [0.717, 1.165) is 41.8 Å². The van der Waals surface area contributed by atoms with Crippen LogP contribution in [-0.4, -0.2) is 57.1 Å². The Balaban J connectivity index is 1.83. The molecule has 8 nitrogen and oxygen atoms in total. The molecule has 2 aromatic carbocycles. The van der Waals surface area contributed by atoms with Crippen LogP contribution in [0.3, 0.4) is 0 Å². The minimum atomic E-state index is -3.76. The second-order valence-electron chi connectivity index (χ2n) is 8.99. The van der Waals surface area contributed by atoms with Gasteiger partial charge >= 0.3 is 0 Å². The second-order valence-corrected chi connectivity index (χ2v) is 10.9. The zero-order chi connectivity index (χ0) is 25.4. The number of benzene rings is 2. The molecule has 3 rings (SSSR count). The van der Waals surface area contributed by atoms with Gasteiger partial charge in [-0.3, -0.25) is 13.9 Å². The monoisotopic (exact) mass is 501 g/mol. The maximum absolute atomic E-state index is 13.6. The van der Waals surface area contributed by atoms with Crippen molar-refractivity contribution in [3.63, 3.8) is 0 Å². The van der Waals surface area contributed by atoms with Crippen molar-refractivity contribution < 1.29 is 22.7 Å². The van der Waals surface area contributed by atoms with Gasteiger partial charge in [0.05, 0.1) is 19.1 Å². The summed E-state index contributed by atoms with van der Waals surface area (Å²) in [6, 6.07) is 15.2. The zero-order valence-corrected chi connectivity index (χ0v) is 21.5. The van der Waals surface area contributed by atoms with Crippen LogP contribution < -0.4 is 14.4 Å². The van der Waals surface area contributed by atoms with Crippen molar-refractivity contribution in [3.8, 4) is 5.75 Å². The van der Waals surface area contributed by atoms with Crippen LogP contribution in [0.2, 0.25) is 0 Å². The number of ether oxygens (including phenoxy) is 1. The van der Waals surface area contributed by atoms with Crippen molar-refractivity contribution >= 4 is 27.5 Å². The minimum absolute atomic E-state index is 0.110. The van der Waals surface area contributed by atoms with E-state index in [0.29, 0.717) is 11.4 Å². The number of nitrogens with one attached hydrogen (secondary N) is 1. The summed E-state index contributed by atoms with van der Waals surface area (Å²) in [6.07, 6.45) is 6.27. The van der Waals surface area contributed by atoms with E-state index in [2.05, 4.69) is 5.32 Å². The molecule has 1 atom stereocenters. The highest BCUT2D eigenvalue weighted by Gasteiger charge is 2.31. The van der Waals surface area contributed by atoms with Crippen molar-refractivity contribution in [3.05, 3.63) is 60.2 Å². The van der Waals surface area contributed by atoms with Crippen LogP contribution in [0.5, 0.6) is 5.75 Å². The minimum Gasteiger partial charge on any atom is -0.497 e. The van der Waals surface area contributed by atoms with Crippen molar-refractivity contribution in [1.82, 2.24) is 10.2 Å². The third-order valence-electron chi connectivity index (χ3n) is 6.35. The Morgan fingerprint density at radius 3 is 2.23 bits per heavy atom. The number of hydrogen-bond acceptors (Lipinski definition) is 5. The quantitative estimate of drug-likeness (QED) is 0.539. The molecular formula is C26H35N3O5S. The number of rotatable bonds is 10. The molecule has 1 aliphatic rings. The fourth-order valence-electron chi connectivity index (χ4n) is 4.29. The van der Waals surface area contributed by atoms with Crippen LogP contribution in [-0.2, 0) is 26.2 Å². The van der Waals surface area contributed by atoms with E-state index in [1.807, 2.05) is 30.3 Å². The SMILES string of the molecule is COc1ccc(N(CC(=O)N(Cc2ccccc2)[C@H](C)C(=O)NC2CCCCC2)S(C)(=O)=O)cc1. The third-order valence-corrected chi connectivity index (χ3v) is 7.49. The van der Waals surface area contributed by atoms with Crippen LogP contribution in [0.1, 0.15) is 44.6 Å². The number of anilines is 1. The van der Waals surface area contributed by atoms with Crippen molar-refractivity contribution in [2.24, 2.45) is 0 Å². The average Bonchev–Trinajstić information content (AvgIpc) is 2.86. The summed E-state index contributed by atoms with van der Waals surface area (Å²) in [5.74, 6) is -0.106. The van der Waals surface area contributed by atoms with E-state index in [-0.39, 0.29) is 18.5 Å². The number of carbonyl (C=O) groups is 2. The average molecular weight is 502 g/mol. The Labute approximate surface area is 208 Å². The molecule has 2 aromatic rings. The summed E-state index contributed by atoms with van der Waals surface area (Å²) in [6.45, 7) is 1.47. The summed E-state index contributed by atoms with van der Waals surface area (Å²) in [4.78, 5) is 28.1. The molecular weight excluding hydrogens is 466 g/mol. The number of hydrogen-bond donors (Lipinski definition) is 1. The topological polar surface area (TPSA) is 96.0 Å². The molecule has 0 heterocycles. The lowest BCUT2D eigenvalue weighted by Crippen LogP contribution is -2.52. The highest BCUT2D eigenvalue weighted by molar-refractivity contribution is 7.92. The predicted molar refractivity (Wildman–Crippen MR) is 137 cm³/mol. The van der Waals surface area contributed by atoms with Crippen molar-refractivity contribution in [2.75, 3.05) is 24.2 Å². The number of methoxy groups -OCH3 is 1. The van der Waals surface area contributed by atoms with Gasteiger partial charge in [-0.25, -0.2) is 8.42 Å². The van der Waals surface area contributed by atoms with Crippen molar-refractivity contribution in [1.29, 1.82) is 0 Å². The van der Waals surface area contributed by atoms with Gasteiger partial charge in [-0.05, 0) is 49.6 Å². The van der Waals surface area contributed by atoms with Gasteiger partial charge in [-0.15, -0.1) is 0 Å². The largest absolute Gasteiger partial charge is 0.497 e. The predicted octanol–water partition coefficient (Wildman–Crippen LogP) is 3.33. The van der Waals surface area contributed by atoms with E-state index < -0.39 is 28.5 Å². The fourth-order valence-corrected chi connectivity index (χ4v) is 5.14. The van der Waals surface area contributed by atoms with Crippen LogP contribution in [0.25, 0.3) is 0 Å². The maximum Gasteiger partial charge on any atom is 0.244 e. The molecule has 1 fully saturated rings.